The maximum atomic E-state index is 12.6. The van der Waals surface area contributed by atoms with E-state index in [1.807, 2.05) is 0 Å². The third-order valence-electron chi connectivity index (χ3n) is 5.63. The molecule has 0 aromatic heterocycles. The molecule has 0 aromatic rings. The van der Waals surface area contributed by atoms with Crippen LogP contribution in [0.25, 0.3) is 0 Å². The van der Waals surface area contributed by atoms with Crippen LogP contribution in [0.15, 0.2) is 0 Å². The molecule has 0 bridgehead atoms. The number of amides is 1. The van der Waals surface area contributed by atoms with Gasteiger partial charge in [0.25, 0.3) is 0 Å². The minimum atomic E-state index is -0.713. The van der Waals surface area contributed by atoms with E-state index >= 15 is 0 Å². The average molecular weight is 456 g/mol. The summed E-state index contributed by atoms with van der Waals surface area (Å²) < 4.78 is 11.1. The van der Waals surface area contributed by atoms with Crippen LogP contribution in [0.1, 0.15) is 144 Å². The second-order valence-electron chi connectivity index (χ2n) is 10.2. The summed E-state index contributed by atoms with van der Waals surface area (Å²) in [6.07, 6.45) is 18.7. The molecule has 0 saturated heterocycles. The van der Waals surface area contributed by atoms with Crippen molar-refractivity contribution in [3.63, 3.8) is 0 Å². The number of hydrogen-bond donors (Lipinski definition) is 1. The smallest absolute Gasteiger partial charge is 0.408 e. The lowest BCUT2D eigenvalue weighted by Crippen LogP contribution is -2.43. The summed E-state index contributed by atoms with van der Waals surface area (Å²) in [6, 6.07) is -0.713. The number of ether oxygens (including phenoxy) is 2. The van der Waals surface area contributed by atoms with E-state index < -0.39 is 17.7 Å². The van der Waals surface area contributed by atoms with Crippen LogP contribution in [0.4, 0.5) is 4.79 Å². The molecular formula is C27H53NO4. The Morgan fingerprint density at radius 1 is 0.719 bits per heavy atom. The van der Waals surface area contributed by atoms with Crippen molar-refractivity contribution in [2.45, 2.75) is 162 Å². The van der Waals surface area contributed by atoms with Crippen LogP contribution in [0.5, 0.6) is 0 Å². The summed E-state index contributed by atoms with van der Waals surface area (Å²) in [5, 5.41) is 2.60. The Hall–Kier alpha value is -1.26. The van der Waals surface area contributed by atoms with Crippen LogP contribution in [-0.4, -0.2) is 29.8 Å². The van der Waals surface area contributed by atoms with Crippen LogP contribution in [0.2, 0.25) is 0 Å². The fourth-order valence-electron chi connectivity index (χ4n) is 3.73. The Balaban J connectivity index is 4.43. The van der Waals surface area contributed by atoms with Crippen molar-refractivity contribution >= 4 is 12.1 Å². The normalized spacial score (nSPS) is 12.6. The van der Waals surface area contributed by atoms with Crippen molar-refractivity contribution in [1.82, 2.24) is 5.32 Å². The van der Waals surface area contributed by atoms with E-state index in [-0.39, 0.29) is 12.1 Å². The van der Waals surface area contributed by atoms with E-state index in [9.17, 15) is 9.59 Å². The van der Waals surface area contributed by atoms with Crippen LogP contribution in [0.3, 0.4) is 0 Å². The van der Waals surface area contributed by atoms with Crippen LogP contribution in [0, 0.1) is 0 Å². The molecule has 0 aliphatic rings. The molecule has 0 spiro atoms. The molecule has 5 heteroatoms. The maximum absolute atomic E-state index is 12.6. The lowest BCUT2D eigenvalue weighted by atomic mass is 10.0. The topological polar surface area (TPSA) is 64.6 Å². The molecule has 32 heavy (non-hydrogen) atoms. The Morgan fingerprint density at radius 2 is 1.12 bits per heavy atom. The average Bonchev–Trinajstić information content (AvgIpc) is 2.70. The van der Waals surface area contributed by atoms with Gasteiger partial charge in [0.15, 0.2) is 0 Å². The zero-order valence-electron chi connectivity index (χ0n) is 22.1. The number of rotatable bonds is 19. The van der Waals surface area contributed by atoms with Gasteiger partial charge in [-0.3, -0.25) is 0 Å². The number of nitrogens with one attached hydrogen (secondary N) is 1. The van der Waals surface area contributed by atoms with Crippen LogP contribution in [-0.2, 0) is 14.3 Å². The van der Waals surface area contributed by atoms with Gasteiger partial charge in [-0.05, 0) is 53.4 Å². The molecule has 0 aliphatic carbocycles. The van der Waals surface area contributed by atoms with E-state index in [2.05, 4.69) is 19.2 Å². The molecule has 0 fully saturated rings. The van der Waals surface area contributed by atoms with Gasteiger partial charge in [-0.25, -0.2) is 9.59 Å². The fraction of sp³-hybridized carbons (Fsp3) is 0.926. The number of carbonyl (C=O) groups excluding carboxylic acids is 2. The van der Waals surface area contributed by atoms with Crippen LogP contribution < -0.4 is 5.32 Å². The van der Waals surface area contributed by atoms with Crippen molar-refractivity contribution in [2.24, 2.45) is 0 Å². The molecule has 0 unspecified atom stereocenters. The molecule has 0 heterocycles. The molecule has 190 valence electrons. The Kier molecular flexibility index (Phi) is 18.5. The standard InChI is InChI=1S/C27H53NO4/c1-7-9-11-13-15-17-19-21-24(22-20-18-16-14-12-10-8-2)31-25(29)23(3)28-26(30)32-27(4,5)6/h23-24H,7-22H2,1-6H3,(H,28,30)/t23-/m0/s1. The molecule has 0 aliphatic heterocycles. The first-order chi connectivity index (χ1) is 15.2. The Labute approximate surface area is 198 Å². The molecule has 0 aromatic carbocycles. The van der Waals surface area contributed by atoms with E-state index in [1.165, 1.54) is 77.0 Å². The van der Waals surface area contributed by atoms with Gasteiger partial charge in [0.2, 0.25) is 0 Å². The van der Waals surface area contributed by atoms with Crippen molar-refractivity contribution in [1.29, 1.82) is 0 Å². The number of alkyl carbamates (subject to hydrolysis) is 1. The van der Waals surface area contributed by atoms with Gasteiger partial charge in [0.05, 0.1) is 0 Å². The van der Waals surface area contributed by atoms with Crippen molar-refractivity contribution in [2.75, 3.05) is 0 Å². The van der Waals surface area contributed by atoms with Crippen molar-refractivity contribution < 1.29 is 19.1 Å². The summed E-state index contributed by atoms with van der Waals surface area (Å²) in [6.45, 7) is 11.5. The lowest BCUT2D eigenvalue weighted by Gasteiger charge is -2.23. The van der Waals surface area contributed by atoms with Gasteiger partial charge in [0, 0.05) is 0 Å². The predicted octanol–water partition coefficient (Wildman–Crippen LogP) is 8.09. The van der Waals surface area contributed by atoms with Crippen molar-refractivity contribution in [3.05, 3.63) is 0 Å². The molecule has 5 nitrogen and oxygen atoms in total. The van der Waals surface area contributed by atoms with Gasteiger partial charge >= 0.3 is 12.1 Å². The quantitative estimate of drug-likeness (QED) is 0.158. The highest BCUT2D eigenvalue weighted by Crippen LogP contribution is 2.18. The van der Waals surface area contributed by atoms with Gasteiger partial charge < -0.3 is 14.8 Å². The SMILES string of the molecule is CCCCCCCCCC(CCCCCCCCC)OC(=O)[C@H](C)NC(=O)OC(C)(C)C. The molecular weight excluding hydrogens is 402 g/mol. The van der Waals surface area contributed by atoms with E-state index in [0.29, 0.717) is 0 Å². The summed E-state index contributed by atoms with van der Waals surface area (Å²) >= 11 is 0. The third-order valence-corrected chi connectivity index (χ3v) is 5.63. The van der Waals surface area contributed by atoms with Gasteiger partial charge in [-0.1, -0.05) is 90.9 Å². The monoisotopic (exact) mass is 455 g/mol. The molecule has 1 N–H and O–H groups in total. The summed E-state index contributed by atoms with van der Waals surface area (Å²) in [5.74, 6) is -0.369. The highest BCUT2D eigenvalue weighted by atomic mass is 16.6. The highest BCUT2D eigenvalue weighted by molar-refractivity contribution is 5.81. The van der Waals surface area contributed by atoms with E-state index in [0.717, 1.165) is 25.7 Å². The molecule has 0 saturated carbocycles. The molecule has 1 amide bonds. The predicted molar refractivity (Wildman–Crippen MR) is 134 cm³/mol. The first-order valence-electron chi connectivity index (χ1n) is 13.4. The zero-order chi connectivity index (χ0) is 24.2. The van der Waals surface area contributed by atoms with Crippen molar-refractivity contribution in [3.8, 4) is 0 Å². The van der Waals surface area contributed by atoms with Gasteiger partial charge in [-0.2, -0.15) is 0 Å². The number of unbranched alkanes of at least 4 members (excludes halogenated alkanes) is 12. The second kappa shape index (κ2) is 19.2. The van der Waals surface area contributed by atoms with Gasteiger partial charge in [-0.15, -0.1) is 0 Å². The first kappa shape index (κ1) is 30.7. The number of hydrogen-bond acceptors (Lipinski definition) is 4. The first-order valence-corrected chi connectivity index (χ1v) is 13.4. The maximum Gasteiger partial charge on any atom is 0.408 e. The molecule has 0 radical (unpaired) electrons. The largest absolute Gasteiger partial charge is 0.461 e. The van der Waals surface area contributed by atoms with Crippen LogP contribution >= 0.6 is 0 Å². The number of carbonyl (C=O) groups is 2. The molecule has 1 atom stereocenters. The van der Waals surface area contributed by atoms with Gasteiger partial charge in [0.1, 0.15) is 17.7 Å². The minimum Gasteiger partial charge on any atom is -0.461 e. The third kappa shape index (κ3) is 19.4. The fourth-order valence-corrected chi connectivity index (χ4v) is 3.73. The van der Waals surface area contributed by atoms with E-state index in [4.69, 9.17) is 9.47 Å². The Bertz CT molecular complexity index is 455. The second-order valence-corrected chi connectivity index (χ2v) is 10.2. The molecule has 0 rings (SSSR count). The minimum absolute atomic E-state index is 0.0586. The Morgan fingerprint density at radius 3 is 1.53 bits per heavy atom. The summed E-state index contributed by atoms with van der Waals surface area (Å²) in [4.78, 5) is 24.5. The zero-order valence-corrected chi connectivity index (χ0v) is 22.1. The lowest BCUT2D eigenvalue weighted by molar-refractivity contribution is -0.152. The summed E-state index contributed by atoms with van der Waals surface area (Å²) in [7, 11) is 0. The summed E-state index contributed by atoms with van der Waals surface area (Å²) in [5.41, 5.74) is -0.593. The van der Waals surface area contributed by atoms with E-state index in [1.54, 1.807) is 27.7 Å². The highest BCUT2D eigenvalue weighted by Gasteiger charge is 2.24. The number of esters is 1.